The maximum atomic E-state index is 12.7. The number of aliphatic hydroxyl groups excluding tert-OH is 1. The molecule has 2 aliphatic rings. The molecule has 2 saturated carbocycles. The van der Waals surface area contributed by atoms with Crippen molar-refractivity contribution in [2.45, 2.75) is 78.5 Å². The lowest BCUT2D eigenvalue weighted by molar-refractivity contribution is -0.142. The van der Waals surface area contributed by atoms with Crippen LogP contribution in [-0.4, -0.2) is 40.1 Å². The third kappa shape index (κ3) is 4.53. The standard InChI is InChI=1S/C24H37N3O3/c1-14(2)26-22(29)15(3)18-6-10-24(5)11-7-19(16(4)20(24)21(18)28)27-23(30)17-8-12-25-13-9-17/h8-9,12-16,18-21,28H,6-7,10-11H2,1-5H3,(H,26,29)(H,27,30)/t15-,16+,18-,19-,20+,21-,24-/m0/s1. The fourth-order valence-corrected chi connectivity index (χ4v) is 5.86. The minimum absolute atomic E-state index is 0.0111. The van der Waals surface area contributed by atoms with E-state index in [1.807, 2.05) is 20.8 Å². The molecular weight excluding hydrogens is 378 g/mol. The number of nitrogens with zero attached hydrogens (tertiary/aromatic N) is 1. The number of hydrogen-bond acceptors (Lipinski definition) is 4. The van der Waals surface area contributed by atoms with Crippen LogP contribution in [-0.2, 0) is 4.79 Å². The van der Waals surface area contributed by atoms with Gasteiger partial charge in [0.25, 0.3) is 5.91 Å². The highest BCUT2D eigenvalue weighted by Gasteiger charge is 2.53. The Kier molecular flexibility index (Phi) is 6.85. The number of amides is 2. The monoisotopic (exact) mass is 415 g/mol. The molecule has 0 saturated heterocycles. The first-order valence-corrected chi connectivity index (χ1v) is 11.3. The second-order valence-electron chi connectivity index (χ2n) is 10.0. The van der Waals surface area contributed by atoms with Crippen LogP contribution in [0.25, 0.3) is 0 Å². The number of aromatic nitrogens is 1. The van der Waals surface area contributed by atoms with Crippen LogP contribution in [0.3, 0.4) is 0 Å². The zero-order chi connectivity index (χ0) is 22.1. The molecule has 0 bridgehead atoms. The van der Waals surface area contributed by atoms with Crippen LogP contribution in [0.1, 0.15) is 70.7 Å². The highest BCUT2D eigenvalue weighted by Crippen LogP contribution is 2.55. The lowest BCUT2D eigenvalue weighted by Gasteiger charge is -2.56. The molecule has 3 N–H and O–H groups in total. The number of rotatable bonds is 5. The van der Waals surface area contributed by atoms with Gasteiger partial charge in [0, 0.05) is 36.0 Å². The molecule has 6 nitrogen and oxygen atoms in total. The van der Waals surface area contributed by atoms with Crippen molar-refractivity contribution < 1.29 is 14.7 Å². The Morgan fingerprint density at radius 1 is 1.17 bits per heavy atom. The Balaban J connectivity index is 1.74. The van der Waals surface area contributed by atoms with Crippen molar-refractivity contribution in [1.29, 1.82) is 0 Å². The van der Waals surface area contributed by atoms with E-state index >= 15 is 0 Å². The van der Waals surface area contributed by atoms with Gasteiger partial charge in [-0.1, -0.05) is 20.8 Å². The van der Waals surface area contributed by atoms with E-state index in [1.54, 1.807) is 24.5 Å². The second-order valence-corrected chi connectivity index (χ2v) is 10.0. The van der Waals surface area contributed by atoms with Crippen molar-refractivity contribution in [3.63, 3.8) is 0 Å². The molecule has 0 aliphatic heterocycles. The van der Waals surface area contributed by atoms with Gasteiger partial charge in [0.05, 0.1) is 6.10 Å². The quantitative estimate of drug-likeness (QED) is 0.689. The van der Waals surface area contributed by atoms with Gasteiger partial charge in [0.2, 0.25) is 5.91 Å². The summed E-state index contributed by atoms with van der Waals surface area (Å²) in [4.78, 5) is 29.3. The van der Waals surface area contributed by atoms with E-state index in [1.165, 1.54) is 0 Å². The maximum absolute atomic E-state index is 12.7. The largest absolute Gasteiger partial charge is 0.392 e. The van der Waals surface area contributed by atoms with Crippen LogP contribution in [0, 0.1) is 29.1 Å². The van der Waals surface area contributed by atoms with Crippen LogP contribution >= 0.6 is 0 Å². The van der Waals surface area contributed by atoms with Crippen LogP contribution in [0.15, 0.2) is 24.5 Å². The molecule has 1 aromatic rings. The van der Waals surface area contributed by atoms with Gasteiger partial charge in [0.1, 0.15) is 0 Å². The van der Waals surface area contributed by atoms with Gasteiger partial charge < -0.3 is 15.7 Å². The van der Waals surface area contributed by atoms with Crippen LogP contribution in [0.2, 0.25) is 0 Å². The predicted molar refractivity (Wildman–Crippen MR) is 117 cm³/mol. The molecule has 7 atom stereocenters. The SMILES string of the molecule is CC(C)NC(=O)[C@@H](C)[C@@H]1CC[C@@]2(C)CC[C@H](NC(=O)c3ccncc3)[C@@H](C)[C@@H]2[C@H]1O. The summed E-state index contributed by atoms with van der Waals surface area (Å²) < 4.78 is 0. The Morgan fingerprint density at radius 3 is 2.43 bits per heavy atom. The number of nitrogens with one attached hydrogen (secondary N) is 2. The summed E-state index contributed by atoms with van der Waals surface area (Å²) in [5, 5.41) is 17.6. The summed E-state index contributed by atoms with van der Waals surface area (Å²) in [6.07, 6.45) is 6.44. The average Bonchev–Trinajstić information content (AvgIpc) is 2.70. The molecule has 3 rings (SSSR count). The fraction of sp³-hybridized carbons (Fsp3) is 0.708. The van der Waals surface area contributed by atoms with Gasteiger partial charge in [-0.05, 0) is 74.8 Å². The third-order valence-electron chi connectivity index (χ3n) is 7.63. The third-order valence-corrected chi connectivity index (χ3v) is 7.63. The lowest BCUT2D eigenvalue weighted by Crippen LogP contribution is -2.58. The number of fused-ring (bicyclic) bond motifs is 1. The van der Waals surface area contributed by atoms with Gasteiger partial charge in [-0.2, -0.15) is 0 Å². The highest BCUT2D eigenvalue weighted by molar-refractivity contribution is 5.94. The Bertz CT molecular complexity index is 753. The van der Waals surface area contributed by atoms with Crippen LogP contribution in [0.5, 0.6) is 0 Å². The van der Waals surface area contributed by atoms with E-state index in [2.05, 4.69) is 29.5 Å². The normalized spacial score (nSPS) is 34.7. The number of pyridine rings is 1. The first-order chi connectivity index (χ1) is 14.1. The number of hydrogen-bond donors (Lipinski definition) is 3. The summed E-state index contributed by atoms with van der Waals surface area (Å²) in [5.74, 6) is -0.173. The second kappa shape index (κ2) is 9.04. The van der Waals surface area contributed by atoms with Crippen molar-refractivity contribution in [3.05, 3.63) is 30.1 Å². The Hall–Kier alpha value is -1.95. The number of carbonyl (C=O) groups excluding carboxylic acids is 2. The molecule has 0 aromatic carbocycles. The van der Waals surface area contributed by atoms with E-state index in [9.17, 15) is 14.7 Å². The van der Waals surface area contributed by atoms with Gasteiger partial charge in [-0.3, -0.25) is 14.6 Å². The molecule has 2 aliphatic carbocycles. The first kappa shape index (κ1) is 22.7. The smallest absolute Gasteiger partial charge is 0.251 e. The maximum Gasteiger partial charge on any atom is 0.251 e. The van der Waals surface area contributed by atoms with Gasteiger partial charge in [-0.15, -0.1) is 0 Å². The zero-order valence-corrected chi connectivity index (χ0v) is 18.9. The summed E-state index contributed by atoms with van der Waals surface area (Å²) in [7, 11) is 0. The zero-order valence-electron chi connectivity index (χ0n) is 18.9. The molecule has 0 spiro atoms. The van der Waals surface area contributed by atoms with Gasteiger partial charge in [0.15, 0.2) is 0 Å². The van der Waals surface area contributed by atoms with Crippen molar-refractivity contribution in [3.8, 4) is 0 Å². The van der Waals surface area contributed by atoms with E-state index < -0.39 is 6.10 Å². The van der Waals surface area contributed by atoms with Crippen molar-refractivity contribution in [2.24, 2.45) is 29.1 Å². The van der Waals surface area contributed by atoms with Crippen molar-refractivity contribution >= 4 is 11.8 Å². The molecule has 2 fully saturated rings. The molecule has 6 heteroatoms. The van der Waals surface area contributed by atoms with E-state index in [-0.39, 0.29) is 53.0 Å². The van der Waals surface area contributed by atoms with Gasteiger partial charge >= 0.3 is 0 Å². The topological polar surface area (TPSA) is 91.3 Å². The molecule has 0 radical (unpaired) electrons. The lowest BCUT2D eigenvalue weighted by atomic mass is 9.51. The van der Waals surface area contributed by atoms with E-state index in [4.69, 9.17) is 0 Å². The number of carbonyl (C=O) groups is 2. The Labute approximate surface area is 180 Å². The van der Waals surface area contributed by atoms with Crippen LogP contribution in [0.4, 0.5) is 0 Å². The van der Waals surface area contributed by atoms with Crippen LogP contribution < -0.4 is 10.6 Å². The van der Waals surface area contributed by atoms with E-state index in [0.717, 1.165) is 25.7 Å². The summed E-state index contributed by atoms with van der Waals surface area (Å²) in [5.41, 5.74) is 0.646. The van der Waals surface area contributed by atoms with Crippen molar-refractivity contribution in [2.75, 3.05) is 0 Å². The summed E-state index contributed by atoms with van der Waals surface area (Å²) >= 11 is 0. The first-order valence-electron chi connectivity index (χ1n) is 11.3. The fourth-order valence-electron chi connectivity index (χ4n) is 5.86. The number of aliphatic hydroxyl groups is 1. The molecule has 1 heterocycles. The molecule has 166 valence electrons. The van der Waals surface area contributed by atoms with Crippen molar-refractivity contribution in [1.82, 2.24) is 15.6 Å². The molecular formula is C24H37N3O3. The Morgan fingerprint density at radius 2 is 1.80 bits per heavy atom. The minimum atomic E-state index is -0.549. The van der Waals surface area contributed by atoms with E-state index in [0.29, 0.717) is 5.56 Å². The molecule has 2 amide bonds. The summed E-state index contributed by atoms with van der Waals surface area (Å²) in [6.45, 7) is 10.3. The predicted octanol–water partition coefficient (Wildman–Crippen LogP) is 3.16. The minimum Gasteiger partial charge on any atom is -0.392 e. The average molecular weight is 416 g/mol. The molecule has 1 aromatic heterocycles. The molecule has 30 heavy (non-hydrogen) atoms. The summed E-state index contributed by atoms with van der Waals surface area (Å²) in [6, 6.07) is 3.53. The highest BCUT2D eigenvalue weighted by atomic mass is 16.3. The van der Waals surface area contributed by atoms with Gasteiger partial charge in [-0.25, -0.2) is 0 Å². The molecule has 0 unspecified atom stereocenters.